The van der Waals surface area contributed by atoms with E-state index in [2.05, 4.69) is 9.88 Å². The summed E-state index contributed by atoms with van der Waals surface area (Å²) in [6.45, 7) is 7.55. The number of piperazine rings is 1. The maximum Gasteiger partial charge on any atom is 0.409 e. The number of carbonyl (C=O) groups excluding carboxylic acids is 1. The van der Waals surface area contributed by atoms with Gasteiger partial charge in [-0.15, -0.1) is 0 Å². The lowest BCUT2D eigenvalue weighted by molar-refractivity contribution is 0.0779. The fourth-order valence-corrected chi connectivity index (χ4v) is 4.76. The van der Waals surface area contributed by atoms with Crippen LogP contribution in [0.4, 0.5) is 4.79 Å². The summed E-state index contributed by atoms with van der Waals surface area (Å²) < 4.78 is 27.8. The first-order valence-corrected chi connectivity index (χ1v) is 11.9. The minimum Gasteiger partial charge on any atom is -0.454 e. The number of pyridine rings is 1. The monoisotopic (exact) mass is 491 g/mol. The molecule has 10 nitrogen and oxygen atoms in total. The van der Waals surface area contributed by atoms with E-state index < -0.39 is 5.63 Å². The Morgan fingerprint density at radius 3 is 2.58 bits per heavy atom. The summed E-state index contributed by atoms with van der Waals surface area (Å²) in [6, 6.07) is 6.85. The number of aromatic nitrogens is 1. The van der Waals surface area contributed by atoms with Crippen LogP contribution in [0.3, 0.4) is 0 Å². The Balaban J connectivity index is 1.34. The molecule has 3 aromatic heterocycles. The topological polar surface area (TPSA) is 107 Å². The molecule has 0 atom stereocenters. The van der Waals surface area contributed by atoms with E-state index >= 15 is 0 Å². The average molecular weight is 492 g/mol. The van der Waals surface area contributed by atoms with E-state index in [9.17, 15) is 9.59 Å². The summed E-state index contributed by atoms with van der Waals surface area (Å²) >= 11 is 0. The molecule has 0 spiro atoms. The van der Waals surface area contributed by atoms with Gasteiger partial charge in [-0.25, -0.2) is 9.59 Å². The van der Waals surface area contributed by atoms with Crippen molar-refractivity contribution in [3.8, 4) is 22.8 Å². The molecule has 2 aliphatic heterocycles. The van der Waals surface area contributed by atoms with E-state index in [1.165, 1.54) is 6.07 Å². The van der Waals surface area contributed by atoms with Crippen molar-refractivity contribution in [2.45, 2.75) is 20.4 Å². The standard InChI is InChI=1S/C26H25N3O7/c1-3-32-26(31)29-6-4-28(5-7-29)13-16-12-27-15(2)25-17(16)8-20(36-25)19-10-24(30)35-21-11-23-22(9-18(19)21)33-14-34-23/h8-12H,3-7,13-14H2,1-2H3. The van der Waals surface area contributed by atoms with Crippen molar-refractivity contribution in [3.05, 3.63) is 52.1 Å². The quantitative estimate of drug-likeness (QED) is 0.393. The number of rotatable bonds is 4. The van der Waals surface area contributed by atoms with Crippen molar-refractivity contribution in [2.24, 2.45) is 0 Å². The van der Waals surface area contributed by atoms with Crippen molar-refractivity contribution in [1.82, 2.24) is 14.8 Å². The van der Waals surface area contributed by atoms with Crippen molar-refractivity contribution in [3.63, 3.8) is 0 Å². The summed E-state index contributed by atoms with van der Waals surface area (Å²) in [5.41, 5.74) is 2.99. The molecule has 0 bridgehead atoms. The molecule has 1 fully saturated rings. The third kappa shape index (κ3) is 3.93. The number of nitrogens with zero attached hydrogens (tertiary/aromatic N) is 3. The number of carbonyl (C=O) groups is 1. The zero-order valence-corrected chi connectivity index (χ0v) is 20.0. The lowest BCUT2D eigenvalue weighted by atomic mass is 10.1. The van der Waals surface area contributed by atoms with Crippen LogP contribution in [0, 0.1) is 6.92 Å². The molecule has 0 saturated carbocycles. The van der Waals surface area contributed by atoms with Gasteiger partial charge in [-0.2, -0.15) is 0 Å². The average Bonchev–Trinajstić information content (AvgIpc) is 3.52. The molecule has 0 aliphatic carbocycles. The highest BCUT2D eigenvalue weighted by molar-refractivity contribution is 5.97. The molecular weight excluding hydrogens is 466 g/mol. The Morgan fingerprint density at radius 2 is 1.81 bits per heavy atom. The third-order valence-corrected chi connectivity index (χ3v) is 6.62. The molecular formula is C26H25N3O7. The van der Waals surface area contributed by atoms with Crippen LogP contribution in [0.5, 0.6) is 11.5 Å². The highest BCUT2D eigenvalue weighted by Gasteiger charge is 2.24. The number of benzene rings is 1. The Labute approximate surface area is 205 Å². The first-order valence-electron chi connectivity index (χ1n) is 11.9. The Morgan fingerprint density at radius 1 is 1.03 bits per heavy atom. The summed E-state index contributed by atoms with van der Waals surface area (Å²) in [4.78, 5) is 32.9. The minimum absolute atomic E-state index is 0.123. The van der Waals surface area contributed by atoms with Crippen LogP contribution in [-0.2, 0) is 11.3 Å². The second kappa shape index (κ2) is 8.87. The minimum atomic E-state index is -0.480. The molecule has 5 heterocycles. The van der Waals surface area contributed by atoms with Crippen LogP contribution in [-0.4, -0.2) is 60.5 Å². The van der Waals surface area contributed by atoms with Crippen LogP contribution < -0.4 is 15.1 Å². The number of fused-ring (bicyclic) bond motifs is 3. The number of hydrogen-bond donors (Lipinski definition) is 0. The highest BCUT2D eigenvalue weighted by atomic mass is 16.7. The Bertz CT molecular complexity index is 1530. The van der Waals surface area contributed by atoms with Gasteiger partial charge in [0.25, 0.3) is 0 Å². The second-order valence-electron chi connectivity index (χ2n) is 8.87. The van der Waals surface area contributed by atoms with Gasteiger partial charge in [0, 0.05) is 67.4 Å². The van der Waals surface area contributed by atoms with Gasteiger partial charge in [0.2, 0.25) is 6.79 Å². The van der Waals surface area contributed by atoms with Crippen LogP contribution in [0.2, 0.25) is 0 Å². The number of ether oxygens (including phenoxy) is 3. The van der Waals surface area contributed by atoms with E-state index in [0.29, 0.717) is 65.6 Å². The molecule has 0 unspecified atom stereocenters. The van der Waals surface area contributed by atoms with Gasteiger partial charge in [-0.05, 0) is 31.5 Å². The van der Waals surface area contributed by atoms with E-state index in [4.69, 9.17) is 23.0 Å². The van der Waals surface area contributed by atoms with Gasteiger partial charge in [0.1, 0.15) is 11.3 Å². The van der Waals surface area contributed by atoms with Crippen LogP contribution in [0.15, 0.2) is 44.1 Å². The summed E-state index contributed by atoms with van der Waals surface area (Å²) in [7, 11) is 0. The first kappa shape index (κ1) is 22.4. The normalized spacial score (nSPS) is 15.7. The highest BCUT2D eigenvalue weighted by Crippen LogP contribution is 2.40. The molecule has 6 rings (SSSR count). The van der Waals surface area contributed by atoms with E-state index in [1.807, 2.05) is 26.1 Å². The van der Waals surface area contributed by atoms with Gasteiger partial charge >= 0.3 is 11.7 Å². The van der Waals surface area contributed by atoms with Crippen LogP contribution in [0.1, 0.15) is 18.2 Å². The predicted molar refractivity (Wildman–Crippen MR) is 130 cm³/mol. The molecule has 1 saturated heterocycles. The number of furan rings is 1. The Hall–Kier alpha value is -4.05. The molecule has 36 heavy (non-hydrogen) atoms. The number of amides is 1. The van der Waals surface area contributed by atoms with Gasteiger partial charge in [-0.1, -0.05) is 0 Å². The largest absolute Gasteiger partial charge is 0.454 e. The zero-order chi connectivity index (χ0) is 24.8. The van der Waals surface area contributed by atoms with E-state index in [1.54, 1.807) is 17.0 Å². The molecule has 186 valence electrons. The maximum absolute atomic E-state index is 12.4. The van der Waals surface area contributed by atoms with Crippen molar-refractivity contribution < 1.29 is 27.8 Å². The molecule has 10 heteroatoms. The molecule has 0 radical (unpaired) electrons. The van der Waals surface area contributed by atoms with E-state index in [0.717, 1.165) is 29.7 Å². The third-order valence-electron chi connectivity index (χ3n) is 6.62. The van der Waals surface area contributed by atoms with Crippen molar-refractivity contribution >= 4 is 28.0 Å². The fourth-order valence-electron chi connectivity index (χ4n) is 4.76. The zero-order valence-electron chi connectivity index (χ0n) is 20.0. The predicted octanol–water partition coefficient (Wildman–Crippen LogP) is 3.91. The van der Waals surface area contributed by atoms with Gasteiger partial charge < -0.3 is 27.9 Å². The van der Waals surface area contributed by atoms with Gasteiger partial charge in [0.05, 0.1) is 12.3 Å². The molecule has 1 aromatic carbocycles. The van der Waals surface area contributed by atoms with Crippen molar-refractivity contribution in [2.75, 3.05) is 39.6 Å². The summed E-state index contributed by atoms with van der Waals surface area (Å²) in [5.74, 6) is 1.68. The van der Waals surface area contributed by atoms with Gasteiger partial charge in [-0.3, -0.25) is 9.88 Å². The smallest absolute Gasteiger partial charge is 0.409 e. The van der Waals surface area contributed by atoms with Crippen LogP contribution in [0.25, 0.3) is 33.3 Å². The van der Waals surface area contributed by atoms with Gasteiger partial charge in [0.15, 0.2) is 17.1 Å². The summed E-state index contributed by atoms with van der Waals surface area (Å²) in [6.07, 6.45) is 1.60. The first-order chi connectivity index (χ1) is 17.5. The lowest BCUT2D eigenvalue weighted by Gasteiger charge is -2.34. The molecule has 1 amide bonds. The van der Waals surface area contributed by atoms with Crippen LogP contribution >= 0.6 is 0 Å². The Kier molecular flexibility index (Phi) is 5.52. The lowest BCUT2D eigenvalue weighted by Crippen LogP contribution is -2.48. The fraction of sp³-hybridized carbons (Fsp3) is 0.346. The molecule has 0 N–H and O–H groups in total. The number of aryl methyl sites for hydroxylation is 1. The summed E-state index contributed by atoms with van der Waals surface area (Å²) in [5, 5.41) is 1.63. The van der Waals surface area contributed by atoms with Crippen molar-refractivity contribution in [1.29, 1.82) is 0 Å². The molecule has 4 aromatic rings. The molecule has 2 aliphatic rings. The number of hydrogen-bond acceptors (Lipinski definition) is 9. The SMILES string of the molecule is CCOC(=O)N1CCN(Cc2cnc(C)c3oc(-c4cc(=O)oc5cc6c(cc45)OCO6)cc23)CC1. The maximum atomic E-state index is 12.4. The van der Waals surface area contributed by atoms with E-state index in [-0.39, 0.29) is 12.9 Å². The second-order valence-corrected chi connectivity index (χ2v) is 8.87.